The van der Waals surface area contributed by atoms with Crippen LogP contribution in [0.25, 0.3) is 0 Å². The highest BCUT2D eigenvalue weighted by Gasteiger charge is 2.27. The summed E-state index contributed by atoms with van der Waals surface area (Å²) in [7, 11) is 1.99. The van der Waals surface area contributed by atoms with E-state index in [1.807, 2.05) is 30.9 Å². The predicted molar refractivity (Wildman–Crippen MR) is 98.1 cm³/mol. The number of rotatable bonds is 6. The van der Waals surface area contributed by atoms with E-state index in [0.29, 0.717) is 6.04 Å². The number of nitrogens with zero attached hydrogens (tertiary/aromatic N) is 5. The van der Waals surface area contributed by atoms with Crippen LogP contribution in [-0.2, 0) is 20.1 Å². The zero-order valence-corrected chi connectivity index (χ0v) is 15.5. The minimum Gasteiger partial charge on any atom is -0.396 e. The van der Waals surface area contributed by atoms with Gasteiger partial charge in [0.05, 0.1) is 11.9 Å². The van der Waals surface area contributed by atoms with Crippen molar-refractivity contribution >= 4 is 0 Å². The molecule has 0 unspecified atom stereocenters. The van der Waals surface area contributed by atoms with Crippen LogP contribution in [0.1, 0.15) is 29.1 Å². The molecule has 0 saturated carbocycles. The Labute approximate surface area is 150 Å². The maximum absolute atomic E-state index is 9.50. The SMILES string of the molecule is Cc1cccc(CN2CCN(Cc3cnn(C)c3C)C[C@H]2CCO)n1. The molecule has 0 aliphatic carbocycles. The first-order valence-corrected chi connectivity index (χ1v) is 9.04. The van der Waals surface area contributed by atoms with Crippen LogP contribution in [0.5, 0.6) is 0 Å². The number of hydrogen-bond acceptors (Lipinski definition) is 5. The van der Waals surface area contributed by atoms with Crippen molar-refractivity contribution in [3.8, 4) is 0 Å². The molecule has 1 fully saturated rings. The largest absolute Gasteiger partial charge is 0.396 e. The topological polar surface area (TPSA) is 57.4 Å². The van der Waals surface area contributed by atoms with Gasteiger partial charge in [0.1, 0.15) is 0 Å². The van der Waals surface area contributed by atoms with Gasteiger partial charge in [0, 0.05) is 69.4 Å². The predicted octanol–water partition coefficient (Wildman–Crippen LogP) is 1.50. The maximum Gasteiger partial charge on any atom is 0.0547 e. The molecule has 1 atom stereocenters. The molecular formula is C19H29N5O. The second kappa shape index (κ2) is 8.08. The summed E-state index contributed by atoms with van der Waals surface area (Å²) < 4.78 is 1.93. The smallest absolute Gasteiger partial charge is 0.0547 e. The minimum atomic E-state index is 0.224. The summed E-state index contributed by atoms with van der Waals surface area (Å²) in [5.74, 6) is 0. The molecule has 1 aliphatic rings. The van der Waals surface area contributed by atoms with E-state index in [-0.39, 0.29) is 6.61 Å². The Morgan fingerprint density at radius 1 is 1.20 bits per heavy atom. The van der Waals surface area contributed by atoms with E-state index >= 15 is 0 Å². The Morgan fingerprint density at radius 3 is 2.72 bits per heavy atom. The lowest BCUT2D eigenvalue weighted by atomic mass is 10.1. The Balaban J connectivity index is 1.64. The quantitative estimate of drug-likeness (QED) is 0.861. The molecule has 0 aromatic carbocycles. The summed E-state index contributed by atoms with van der Waals surface area (Å²) in [5, 5.41) is 13.8. The van der Waals surface area contributed by atoms with Crippen LogP contribution in [0, 0.1) is 13.8 Å². The highest BCUT2D eigenvalue weighted by molar-refractivity contribution is 5.16. The Kier molecular flexibility index (Phi) is 5.83. The van der Waals surface area contributed by atoms with Crippen molar-refractivity contribution < 1.29 is 5.11 Å². The lowest BCUT2D eigenvalue weighted by Crippen LogP contribution is -2.52. The van der Waals surface area contributed by atoms with Crippen LogP contribution in [0.2, 0.25) is 0 Å². The van der Waals surface area contributed by atoms with Crippen molar-refractivity contribution in [1.29, 1.82) is 0 Å². The second-order valence-corrected chi connectivity index (χ2v) is 7.02. The standard InChI is InChI=1S/C19H29N5O/c1-15-5-4-6-18(21-15)13-24-9-8-23(14-19(24)7-10-25)12-17-11-20-22(3)16(17)2/h4-6,11,19,25H,7-10,12-14H2,1-3H3/t19-/m1/s1. The number of aryl methyl sites for hydroxylation is 2. The third-order valence-electron chi connectivity index (χ3n) is 5.19. The van der Waals surface area contributed by atoms with Gasteiger partial charge in [0.25, 0.3) is 0 Å². The number of aliphatic hydroxyl groups excluding tert-OH is 1. The normalized spacial score (nSPS) is 19.4. The van der Waals surface area contributed by atoms with Gasteiger partial charge in [-0.25, -0.2) is 0 Å². The van der Waals surface area contributed by atoms with E-state index in [9.17, 15) is 5.11 Å². The molecule has 25 heavy (non-hydrogen) atoms. The second-order valence-electron chi connectivity index (χ2n) is 7.02. The number of aromatic nitrogens is 3. The van der Waals surface area contributed by atoms with Gasteiger partial charge in [-0.15, -0.1) is 0 Å². The molecule has 1 aliphatic heterocycles. The van der Waals surface area contributed by atoms with Gasteiger partial charge in [-0.1, -0.05) is 6.07 Å². The summed E-state index contributed by atoms with van der Waals surface area (Å²) in [5.41, 5.74) is 4.69. The highest BCUT2D eigenvalue weighted by atomic mass is 16.3. The van der Waals surface area contributed by atoms with E-state index in [0.717, 1.165) is 50.5 Å². The highest BCUT2D eigenvalue weighted by Crippen LogP contribution is 2.19. The third kappa shape index (κ3) is 4.45. The van der Waals surface area contributed by atoms with E-state index in [2.05, 4.69) is 38.9 Å². The molecule has 136 valence electrons. The van der Waals surface area contributed by atoms with E-state index in [1.165, 1.54) is 11.3 Å². The average Bonchev–Trinajstić information content (AvgIpc) is 2.90. The third-order valence-corrected chi connectivity index (χ3v) is 5.19. The van der Waals surface area contributed by atoms with Gasteiger partial charge in [0.2, 0.25) is 0 Å². The summed E-state index contributed by atoms with van der Waals surface area (Å²) >= 11 is 0. The van der Waals surface area contributed by atoms with Gasteiger partial charge in [-0.3, -0.25) is 19.5 Å². The fourth-order valence-corrected chi connectivity index (χ4v) is 3.57. The van der Waals surface area contributed by atoms with Gasteiger partial charge in [-0.2, -0.15) is 5.10 Å². The first-order chi connectivity index (χ1) is 12.1. The Bertz CT molecular complexity index is 699. The number of piperazine rings is 1. The van der Waals surface area contributed by atoms with Gasteiger partial charge in [-0.05, 0) is 32.4 Å². The zero-order valence-electron chi connectivity index (χ0n) is 15.5. The molecule has 1 saturated heterocycles. The molecule has 2 aromatic heterocycles. The summed E-state index contributed by atoms with van der Waals surface area (Å²) in [6.45, 7) is 9.16. The number of pyridine rings is 1. The summed E-state index contributed by atoms with van der Waals surface area (Å²) in [6.07, 6.45) is 2.77. The Morgan fingerprint density at radius 2 is 2.04 bits per heavy atom. The lowest BCUT2D eigenvalue weighted by molar-refractivity contribution is 0.0490. The maximum atomic E-state index is 9.50. The molecule has 0 radical (unpaired) electrons. The molecule has 3 rings (SSSR count). The van der Waals surface area contributed by atoms with Crippen molar-refractivity contribution in [2.75, 3.05) is 26.2 Å². The molecule has 6 heteroatoms. The fourth-order valence-electron chi connectivity index (χ4n) is 3.57. The summed E-state index contributed by atoms with van der Waals surface area (Å²) in [6, 6.07) is 6.55. The molecule has 0 spiro atoms. The molecule has 0 amide bonds. The lowest BCUT2D eigenvalue weighted by Gasteiger charge is -2.41. The van der Waals surface area contributed by atoms with E-state index < -0.39 is 0 Å². The van der Waals surface area contributed by atoms with Crippen molar-refractivity contribution in [1.82, 2.24) is 24.6 Å². The molecule has 3 heterocycles. The van der Waals surface area contributed by atoms with E-state index in [4.69, 9.17) is 0 Å². The Hall–Kier alpha value is -1.76. The number of hydrogen-bond donors (Lipinski definition) is 1. The van der Waals surface area contributed by atoms with Crippen LogP contribution in [-0.4, -0.2) is 62.0 Å². The summed E-state index contributed by atoms with van der Waals surface area (Å²) in [4.78, 5) is 9.57. The minimum absolute atomic E-state index is 0.224. The van der Waals surface area contributed by atoms with Crippen LogP contribution in [0.3, 0.4) is 0 Å². The molecule has 0 bridgehead atoms. The monoisotopic (exact) mass is 343 g/mol. The van der Waals surface area contributed by atoms with Crippen LogP contribution < -0.4 is 0 Å². The first kappa shape index (κ1) is 18.0. The fraction of sp³-hybridized carbons (Fsp3) is 0.579. The van der Waals surface area contributed by atoms with Gasteiger partial charge >= 0.3 is 0 Å². The van der Waals surface area contributed by atoms with Crippen LogP contribution in [0.15, 0.2) is 24.4 Å². The van der Waals surface area contributed by atoms with Gasteiger partial charge in [0.15, 0.2) is 0 Å². The molecule has 6 nitrogen and oxygen atoms in total. The molecule has 1 N–H and O–H groups in total. The van der Waals surface area contributed by atoms with E-state index in [1.54, 1.807) is 0 Å². The van der Waals surface area contributed by atoms with Crippen molar-refractivity contribution in [3.05, 3.63) is 47.0 Å². The van der Waals surface area contributed by atoms with Crippen molar-refractivity contribution in [2.24, 2.45) is 7.05 Å². The zero-order chi connectivity index (χ0) is 17.8. The molecule has 2 aromatic rings. The van der Waals surface area contributed by atoms with Crippen molar-refractivity contribution in [2.45, 2.75) is 39.4 Å². The molecular weight excluding hydrogens is 314 g/mol. The average molecular weight is 343 g/mol. The van der Waals surface area contributed by atoms with Gasteiger partial charge < -0.3 is 5.11 Å². The van der Waals surface area contributed by atoms with Crippen molar-refractivity contribution in [3.63, 3.8) is 0 Å². The first-order valence-electron chi connectivity index (χ1n) is 9.04. The number of aliphatic hydroxyl groups is 1. The van der Waals surface area contributed by atoms with Crippen LogP contribution >= 0.6 is 0 Å². The van der Waals surface area contributed by atoms with Crippen LogP contribution in [0.4, 0.5) is 0 Å².